The molecule has 2 aromatic rings. The molecule has 1 heterocycles. The zero-order valence-corrected chi connectivity index (χ0v) is 12.5. The zero-order chi connectivity index (χ0) is 17.0. The number of aromatic nitrogens is 1. The van der Waals surface area contributed by atoms with Crippen LogP contribution in [0.3, 0.4) is 0 Å². The van der Waals surface area contributed by atoms with E-state index in [9.17, 15) is 19.1 Å². The summed E-state index contributed by atoms with van der Waals surface area (Å²) in [5.41, 5.74) is 0.778. The van der Waals surface area contributed by atoms with E-state index >= 15 is 0 Å². The second-order valence-electron chi connectivity index (χ2n) is 4.69. The summed E-state index contributed by atoms with van der Waals surface area (Å²) in [4.78, 5) is 26.5. The fourth-order valence-corrected chi connectivity index (χ4v) is 1.93. The van der Waals surface area contributed by atoms with Crippen molar-refractivity contribution in [1.82, 2.24) is 4.98 Å². The number of benzene rings is 1. The van der Waals surface area contributed by atoms with Crippen LogP contribution in [0, 0.1) is 12.7 Å². The van der Waals surface area contributed by atoms with Crippen molar-refractivity contribution < 1.29 is 28.2 Å². The summed E-state index contributed by atoms with van der Waals surface area (Å²) >= 11 is 0. The number of aryl methyl sites for hydroxylation is 1. The van der Waals surface area contributed by atoms with Gasteiger partial charge in [-0.05, 0) is 17.7 Å². The molecule has 0 aliphatic carbocycles. The van der Waals surface area contributed by atoms with Crippen LogP contribution in [0.4, 0.5) is 4.39 Å². The highest BCUT2D eigenvalue weighted by molar-refractivity contribution is 6.39. The van der Waals surface area contributed by atoms with E-state index in [4.69, 9.17) is 4.42 Å². The van der Waals surface area contributed by atoms with Gasteiger partial charge >= 0.3 is 5.97 Å². The average Bonchev–Trinajstić information content (AvgIpc) is 2.89. The molecule has 0 saturated heterocycles. The second-order valence-corrected chi connectivity index (χ2v) is 4.69. The van der Waals surface area contributed by atoms with Gasteiger partial charge in [-0.2, -0.15) is 0 Å². The standard InChI is InChI=1S/C16H14FNO5/c1-9-18-15(12(19)8-13(20)16(21)22-2)14(23-9)7-10-3-5-11(17)6-4-10/h3-6,8,19H,7H2,1-2H3/b12-8-. The van der Waals surface area contributed by atoms with Crippen molar-refractivity contribution in [2.75, 3.05) is 7.11 Å². The topological polar surface area (TPSA) is 89.6 Å². The molecule has 0 saturated carbocycles. The van der Waals surface area contributed by atoms with Gasteiger partial charge in [0.1, 0.15) is 23.0 Å². The maximum Gasteiger partial charge on any atom is 0.378 e. The van der Waals surface area contributed by atoms with E-state index in [2.05, 4.69) is 9.72 Å². The molecule has 0 amide bonds. The normalized spacial score (nSPS) is 11.3. The average molecular weight is 319 g/mol. The highest BCUT2D eigenvalue weighted by Gasteiger charge is 2.19. The number of hydrogen-bond acceptors (Lipinski definition) is 6. The first-order chi connectivity index (χ1) is 10.9. The summed E-state index contributed by atoms with van der Waals surface area (Å²) < 4.78 is 22.6. The lowest BCUT2D eigenvalue weighted by atomic mass is 10.1. The largest absolute Gasteiger partial charge is 0.505 e. The van der Waals surface area contributed by atoms with Gasteiger partial charge in [0, 0.05) is 19.4 Å². The number of carbonyl (C=O) groups is 2. The SMILES string of the molecule is COC(=O)C(=O)/C=C(\O)c1nc(C)oc1Cc1ccc(F)cc1. The summed E-state index contributed by atoms with van der Waals surface area (Å²) in [5, 5.41) is 10.0. The molecule has 0 radical (unpaired) electrons. The van der Waals surface area contributed by atoms with Crippen molar-refractivity contribution in [3.8, 4) is 0 Å². The Morgan fingerprint density at radius 3 is 2.61 bits per heavy atom. The maximum absolute atomic E-state index is 12.9. The van der Waals surface area contributed by atoms with Crippen LogP contribution in [-0.4, -0.2) is 29.0 Å². The molecular weight excluding hydrogens is 305 g/mol. The quantitative estimate of drug-likeness (QED) is 0.394. The van der Waals surface area contributed by atoms with Crippen LogP contribution in [-0.2, 0) is 20.7 Å². The van der Waals surface area contributed by atoms with Crippen molar-refractivity contribution in [2.45, 2.75) is 13.3 Å². The van der Waals surface area contributed by atoms with Crippen molar-refractivity contribution >= 4 is 17.5 Å². The molecule has 0 spiro atoms. The van der Waals surface area contributed by atoms with E-state index in [1.165, 1.54) is 12.1 Å². The molecule has 1 aromatic heterocycles. The Morgan fingerprint density at radius 1 is 1.35 bits per heavy atom. The van der Waals surface area contributed by atoms with Gasteiger partial charge in [-0.15, -0.1) is 0 Å². The zero-order valence-electron chi connectivity index (χ0n) is 12.5. The van der Waals surface area contributed by atoms with Crippen LogP contribution in [0.5, 0.6) is 0 Å². The van der Waals surface area contributed by atoms with E-state index in [1.54, 1.807) is 19.1 Å². The van der Waals surface area contributed by atoms with Crippen LogP contribution >= 0.6 is 0 Å². The number of rotatable bonds is 5. The van der Waals surface area contributed by atoms with Gasteiger partial charge in [0.05, 0.1) is 7.11 Å². The number of esters is 1. The Bertz CT molecular complexity index is 761. The molecule has 0 aliphatic rings. The molecule has 0 unspecified atom stereocenters. The Kier molecular flexibility index (Phi) is 4.90. The summed E-state index contributed by atoms with van der Waals surface area (Å²) in [6.45, 7) is 1.58. The third kappa shape index (κ3) is 4.03. The van der Waals surface area contributed by atoms with E-state index in [0.717, 1.165) is 18.7 Å². The lowest BCUT2D eigenvalue weighted by Crippen LogP contribution is -2.13. The molecule has 0 fully saturated rings. The van der Waals surface area contributed by atoms with E-state index < -0.39 is 17.5 Å². The smallest absolute Gasteiger partial charge is 0.378 e. The first kappa shape index (κ1) is 16.4. The van der Waals surface area contributed by atoms with Gasteiger partial charge in [-0.3, -0.25) is 4.79 Å². The highest BCUT2D eigenvalue weighted by Crippen LogP contribution is 2.21. The van der Waals surface area contributed by atoms with Crippen molar-refractivity contribution in [3.05, 3.63) is 59.1 Å². The summed E-state index contributed by atoms with van der Waals surface area (Å²) in [6.07, 6.45) is 0.956. The number of aliphatic hydroxyl groups is 1. The Balaban J connectivity index is 2.29. The fraction of sp³-hybridized carbons (Fsp3) is 0.188. The van der Waals surface area contributed by atoms with Crippen molar-refractivity contribution in [2.24, 2.45) is 0 Å². The third-order valence-electron chi connectivity index (χ3n) is 2.98. The molecule has 0 aliphatic heterocycles. The third-order valence-corrected chi connectivity index (χ3v) is 2.98. The lowest BCUT2D eigenvalue weighted by Gasteiger charge is -2.01. The molecule has 23 heavy (non-hydrogen) atoms. The number of oxazole rings is 1. The van der Waals surface area contributed by atoms with Crippen LogP contribution in [0.1, 0.15) is 22.9 Å². The molecule has 1 N–H and O–H groups in total. The number of aliphatic hydroxyl groups excluding tert-OH is 1. The van der Waals surface area contributed by atoms with Crippen molar-refractivity contribution in [3.63, 3.8) is 0 Å². The monoisotopic (exact) mass is 319 g/mol. The second kappa shape index (κ2) is 6.87. The summed E-state index contributed by atoms with van der Waals surface area (Å²) in [6, 6.07) is 5.73. The minimum Gasteiger partial charge on any atom is -0.505 e. The predicted octanol–water partition coefficient (Wildman–Crippen LogP) is 2.35. The van der Waals surface area contributed by atoms with Gasteiger partial charge in [0.2, 0.25) is 0 Å². The van der Waals surface area contributed by atoms with Crippen LogP contribution in [0.2, 0.25) is 0 Å². The number of nitrogens with zero attached hydrogens (tertiary/aromatic N) is 1. The number of carbonyl (C=O) groups excluding carboxylic acids is 2. The number of ether oxygens (including phenoxy) is 1. The summed E-state index contributed by atoms with van der Waals surface area (Å²) in [7, 11) is 1.06. The summed E-state index contributed by atoms with van der Waals surface area (Å²) in [5.74, 6) is -2.41. The fourth-order valence-electron chi connectivity index (χ4n) is 1.93. The molecule has 6 nitrogen and oxygen atoms in total. The van der Waals surface area contributed by atoms with Crippen molar-refractivity contribution in [1.29, 1.82) is 0 Å². The first-order valence-electron chi connectivity index (χ1n) is 6.64. The van der Waals surface area contributed by atoms with Gasteiger partial charge in [-0.1, -0.05) is 12.1 Å². The Labute approximate surface area is 131 Å². The minimum atomic E-state index is -1.10. The van der Waals surface area contributed by atoms with Crippen LogP contribution < -0.4 is 0 Å². The van der Waals surface area contributed by atoms with Gasteiger partial charge in [0.15, 0.2) is 5.89 Å². The van der Waals surface area contributed by atoms with E-state index in [1.807, 2.05) is 0 Å². The Morgan fingerprint density at radius 2 is 2.00 bits per heavy atom. The maximum atomic E-state index is 12.9. The van der Waals surface area contributed by atoms with Crippen LogP contribution in [0.25, 0.3) is 5.76 Å². The molecule has 1 aromatic carbocycles. The molecule has 7 heteroatoms. The highest BCUT2D eigenvalue weighted by atomic mass is 19.1. The van der Waals surface area contributed by atoms with Gasteiger partial charge < -0.3 is 14.3 Å². The number of hydrogen-bond donors (Lipinski definition) is 1. The Hall–Kier alpha value is -2.96. The van der Waals surface area contributed by atoms with E-state index in [0.29, 0.717) is 5.76 Å². The number of halogens is 1. The van der Waals surface area contributed by atoms with E-state index in [-0.39, 0.29) is 23.8 Å². The first-order valence-corrected chi connectivity index (χ1v) is 6.64. The number of ketones is 1. The number of methoxy groups -OCH3 is 1. The molecule has 0 atom stereocenters. The minimum absolute atomic E-state index is 0.0454. The lowest BCUT2D eigenvalue weighted by molar-refractivity contribution is -0.149. The molecule has 120 valence electrons. The van der Waals surface area contributed by atoms with Crippen LogP contribution in [0.15, 0.2) is 34.8 Å². The predicted molar refractivity (Wildman–Crippen MR) is 78.1 cm³/mol. The molecule has 0 bridgehead atoms. The molecular formula is C16H14FNO5. The van der Waals surface area contributed by atoms with Gasteiger partial charge in [-0.25, -0.2) is 14.2 Å². The molecule has 2 rings (SSSR count). The van der Waals surface area contributed by atoms with Gasteiger partial charge in [0.25, 0.3) is 5.78 Å².